The molecule has 0 fully saturated rings. The lowest BCUT2D eigenvalue weighted by Crippen LogP contribution is -2.21. The molecule has 0 saturated carbocycles. The summed E-state index contributed by atoms with van der Waals surface area (Å²) in [6.07, 6.45) is 4.77. The molecule has 24 heavy (non-hydrogen) atoms. The van der Waals surface area contributed by atoms with Crippen LogP contribution in [-0.2, 0) is 17.6 Å². The Bertz CT molecular complexity index is 741. The predicted octanol–water partition coefficient (Wildman–Crippen LogP) is 4.51. The van der Waals surface area contributed by atoms with Crippen LogP contribution in [0.1, 0.15) is 40.7 Å². The molecule has 0 bridgehead atoms. The van der Waals surface area contributed by atoms with Gasteiger partial charge in [-0.2, -0.15) is 0 Å². The van der Waals surface area contributed by atoms with Gasteiger partial charge in [0, 0.05) is 5.69 Å². The smallest absolute Gasteiger partial charge is 0.262 e. The number of aryl methyl sites for hydroxylation is 5. The second kappa shape index (κ2) is 7.08. The Morgan fingerprint density at radius 1 is 1.00 bits per heavy atom. The molecule has 0 heterocycles. The average Bonchev–Trinajstić information content (AvgIpc) is 2.56. The first-order valence-corrected chi connectivity index (χ1v) is 8.65. The standard InChI is InChI=1S/C21H25NO2/c1-14-10-15(2)21(16(3)11-14)22-20(23)13-24-19-9-8-17-6-4-5-7-18(17)12-19/h8-12H,4-7,13H2,1-3H3,(H,22,23). The van der Waals surface area contributed by atoms with Gasteiger partial charge in [0.25, 0.3) is 5.91 Å². The summed E-state index contributed by atoms with van der Waals surface area (Å²) in [5, 5.41) is 2.97. The molecule has 0 aromatic heterocycles. The molecule has 2 aromatic rings. The quantitative estimate of drug-likeness (QED) is 0.899. The molecule has 0 aliphatic heterocycles. The van der Waals surface area contributed by atoms with Gasteiger partial charge in [-0.05, 0) is 80.8 Å². The first kappa shape index (κ1) is 16.6. The predicted molar refractivity (Wildman–Crippen MR) is 97.9 cm³/mol. The molecular formula is C21H25NO2. The Morgan fingerprint density at radius 2 is 1.67 bits per heavy atom. The van der Waals surface area contributed by atoms with Gasteiger partial charge in [0.2, 0.25) is 0 Å². The van der Waals surface area contributed by atoms with Crippen molar-refractivity contribution in [2.45, 2.75) is 46.5 Å². The highest BCUT2D eigenvalue weighted by atomic mass is 16.5. The molecule has 0 unspecified atom stereocenters. The van der Waals surface area contributed by atoms with Gasteiger partial charge in [-0.3, -0.25) is 4.79 Å². The van der Waals surface area contributed by atoms with E-state index in [1.54, 1.807) is 0 Å². The fourth-order valence-corrected chi connectivity index (χ4v) is 3.50. The number of ether oxygens (including phenoxy) is 1. The van der Waals surface area contributed by atoms with Crippen molar-refractivity contribution >= 4 is 11.6 Å². The van der Waals surface area contributed by atoms with Crippen molar-refractivity contribution in [3.8, 4) is 5.75 Å². The molecule has 0 saturated heterocycles. The van der Waals surface area contributed by atoms with Crippen molar-refractivity contribution in [2.75, 3.05) is 11.9 Å². The van der Waals surface area contributed by atoms with Crippen LogP contribution in [0.2, 0.25) is 0 Å². The number of carbonyl (C=O) groups is 1. The van der Waals surface area contributed by atoms with Crippen LogP contribution in [0, 0.1) is 20.8 Å². The third-order valence-electron chi connectivity index (χ3n) is 4.63. The van der Waals surface area contributed by atoms with E-state index in [2.05, 4.69) is 36.5 Å². The van der Waals surface area contributed by atoms with Gasteiger partial charge >= 0.3 is 0 Å². The maximum Gasteiger partial charge on any atom is 0.262 e. The molecule has 0 spiro atoms. The van der Waals surface area contributed by atoms with E-state index in [1.165, 1.54) is 29.5 Å². The minimum atomic E-state index is -0.122. The van der Waals surface area contributed by atoms with Crippen molar-refractivity contribution in [1.29, 1.82) is 0 Å². The van der Waals surface area contributed by atoms with Gasteiger partial charge in [-0.25, -0.2) is 0 Å². The molecule has 1 amide bonds. The SMILES string of the molecule is Cc1cc(C)c(NC(=O)COc2ccc3c(c2)CCCC3)c(C)c1. The zero-order valence-electron chi connectivity index (χ0n) is 14.7. The number of hydrogen-bond donors (Lipinski definition) is 1. The summed E-state index contributed by atoms with van der Waals surface area (Å²) in [6.45, 7) is 6.12. The van der Waals surface area contributed by atoms with Gasteiger partial charge in [-0.1, -0.05) is 23.8 Å². The van der Waals surface area contributed by atoms with Crippen LogP contribution >= 0.6 is 0 Å². The summed E-state index contributed by atoms with van der Waals surface area (Å²) in [4.78, 5) is 12.2. The summed E-state index contributed by atoms with van der Waals surface area (Å²) in [6, 6.07) is 10.3. The zero-order chi connectivity index (χ0) is 17.1. The molecule has 3 nitrogen and oxygen atoms in total. The van der Waals surface area contributed by atoms with E-state index in [4.69, 9.17) is 4.74 Å². The number of anilines is 1. The topological polar surface area (TPSA) is 38.3 Å². The molecule has 126 valence electrons. The van der Waals surface area contributed by atoms with Crippen LogP contribution in [0.3, 0.4) is 0 Å². The number of carbonyl (C=O) groups excluding carboxylic acids is 1. The highest BCUT2D eigenvalue weighted by Crippen LogP contribution is 2.25. The van der Waals surface area contributed by atoms with Crippen molar-refractivity contribution in [2.24, 2.45) is 0 Å². The molecule has 1 aliphatic carbocycles. The molecule has 3 heteroatoms. The normalized spacial score (nSPS) is 13.3. The molecule has 0 atom stereocenters. The highest BCUT2D eigenvalue weighted by molar-refractivity contribution is 5.93. The summed E-state index contributed by atoms with van der Waals surface area (Å²) >= 11 is 0. The number of hydrogen-bond acceptors (Lipinski definition) is 2. The lowest BCUT2D eigenvalue weighted by atomic mass is 9.92. The molecule has 2 aromatic carbocycles. The molecule has 0 radical (unpaired) electrons. The van der Waals surface area contributed by atoms with Gasteiger partial charge in [0.1, 0.15) is 5.75 Å². The number of fused-ring (bicyclic) bond motifs is 1. The Labute approximate surface area is 144 Å². The van der Waals surface area contributed by atoms with Crippen LogP contribution in [0.25, 0.3) is 0 Å². The van der Waals surface area contributed by atoms with Crippen LogP contribution in [0.15, 0.2) is 30.3 Å². The van der Waals surface area contributed by atoms with E-state index in [0.29, 0.717) is 0 Å². The summed E-state index contributed by atoms with van der Waals surface area (Å²) in [5.74, 6) is 0.658. The highest BCUT2D eigenvalue weighted by Gasteiger charge is 2.12. The van der Waals surface area contributed by atoms with Crippen LogP contribution < -0.4 is 10.1 Å². The maximum absolute atomic E-state index is 12.2. The average molecular weight is 323 g/mol. The van der Waals surface area contributed by atoms with E-state index in [1.807, 2.05) is 19.9 Å². The van der Waals surface area contributed by atoms with Crippen molar-refractivity contribution < 1.29 is 9.53 Å². The van der Waals surface area contributed by atoms with Crippen molar-refractivity contribution in [1.82, 2.24) is 0 Å². The lowest BCUT2D eigenvalue weighted by molar-refractivity contribution is -0.118. The van der Waals surface area contributed by atoms with Crippen LogP contribution in [-0.4, -0.2) is 12.5 Å². The second-order valence-corrected chi connectivity index (χ2v) is 6.75. The summed E-state index contributed by atoms with van der Waals surface area (Å²) in [7, 11) is 0. The Balaban J connectivity index is 1.62. The number of amides is 1. The molecular weight excluding hydrogens is 298 g/mol. The zero-order valence-corrected chi connectivity index (χ0v) is 14.7. The largest absolute Gasteiger partial charge is 0.484 e. The summed E-state index contributed by atoms with van der Waals surface area (Å²) in [5.41, 5.74) is 7.03. The molecule has 1 N–H and O–H groups in total. The number of benzene rings is 2. The molecule has 3 rings (SSSR count). The van der Waals surface area contributed by atoms with E-state index in [9.17, 15) is 4.79 Å². The lowest BCUT2D eigenvalue weighted by Gasteiger charge is -2.17. The minimum Gasteiger partial charge on any atom is -0.484 e. The second-order valence-electron chi connectivity index (χ2n) is 6.75. The Hall–Kier alpha value is -2.29. The first-order chi connectivity index (χ1) is 11.5. The number of rotatable bonds is 4. The van der Waals surface area contributed by atoms with Crippen LogP contribution in [0.5, 0.6) is 5.75 Å². The van der Waals surface area contributed by atoms with E-state index in [-0.39, 0.29) is 12.5 Å². The van der Waals surface area contributed by atoms with Gasteiger partial charge in [0.15, 0.2) is 6.61 Å². The van der Waals surface area contributed by atoms with Crippen molar-refractivity contribution in [3.05, 3.63) is 58.1 Å². The Kier molecular flexibility index (Phi) is 4.89. The maximum atomic E-state index is 12.2. The fourth-order valence-electron chi connectivity index (χ4n) is 3.50. The minimum absolute atomic E-state index is 0.0333. The van der Waals surface area contributed by atoms with Gasteiger partial charge < -0.3 is 10.1 Å². The first-order valence-electron chi connectivity index (χ1n) is 8.65. The third-order valence-corrected chi connectivity index (χ3v) is 4.63. The third kappa shape index (κ3) is 3.78. The van der Waals surface area contributed by atoms with E-state index in [0.717, 1.165) is 35.4 Å². The van der Waals surface area contributed by atoms with Gasteiger partial charge in [0.05, 0.1) is 0 Å². The van der Waals surface area contributed by atoms with Crippen LogP contribution in [0.4, 0.5) is 5.69 Å². The van der Waals surface area contributed by atoms with E-state index >= 15 is 0 Å². The fraction of sp³-hybridized carbons (Fsp3) is 0.381. The molecule has 1 aliphatic rings. The van der Waals surface area contributed by atoms with Gasteiger partial charge in [-0.15, -0.1) is 0 Å². The van der Waals surface area contributed by atoms with Crippen molar-refractivity contribution in [3.63, 3.8) is 0 Å². The summed E-state index contributed by atoms with van der Waals surface area (Å²) < 4.78 is 5.70. The Morgan fingerprint density at radius 3 is 2.38 bits per heavy atom. The monoisotopic (exact) mass is 323 g/mol. The van der Waals surface area contributed by atoms with E-state index < -0.39 is 0 Å². The number of nitrogens with one attached hydrogen (secondary N) is 1.